The van der Waals surface area contributed by atoms with Gasteiger partial charge in [0.15, 0.2) is 11.5 Å². The summed E-state index contributed by atoms with van der Waals surface area (Å²) >= 11 is 0. The van der Waals surface area contributed by atoms with Gasteiger partial charge in [-0.2, -0.15) is 18.3 Å². The molecular weight excluding hydrogens is 287 g/mol. The number of carbonyl (C=O) groups is 1. The highest BCUT2D eigenvalue weighted by Crippen LogP contribution is 2.22. The molecule has 0 unspecified atom stereocenters. The minimum atomic E-state index is -4.97. The maximum absolute atomic E-state index is 12.4. The van der Waals surface area contributed by atoms with Crippen LogP contribution in [0, 0.1) is 6.92 Å². The third-order valence-electron chi connectivity index (χ3n) is 2.81. The average molecular weight is 301 g/mol. The number of nitrogens with one attached hydrogen (secondary N) is 1. The van der Waals surface area contributed by atoms with Crippen molar-refractivity contribution in [3.8, 4) is 0 Å². The van der Waals surface area contributed by atoms with E-state index in [1.165, 1.54) is 4.52 Å². The van der Waals surface area contributed by atoms with Crippen LogP contribution in [0.2, 0.25) is 0 Å². The van der Waals surface area contributed by atoms with Crippen LogP contribution in [0.25, 0.3) is 5.65 Å². The van der Waals surface area contributed by atoms with Gasteiger partial charge in [-0.15, -0.1) is 0 Å². The van der Waals surface area contributed by atoms with Crippen molar-refractivity contribution in [2.75, 3.05) is 11.9 Å². The van der Waals surface area contributed by atoms with Crippen molar-refractivity contribution in [3.05, 3.63) is 23.5 Å². The zero-order valence-electron chi connectivity index (χ0n) is 11.2. The van der Waals surface area contributed by atoms with E-state index in [2.05, 4.69) is 10.1 Å². The molecule has 9 heteroatoms. The maximum atomic E-state index is 12.4. The van der Waals surface area contributed by atoms with Crippen LogP contribution in [0.1, 0.15) is 17.8 Å². The smallest absolute Gasteiger partial charge is 0.330 e. The molecule has 2 aromatic heterocycles. The Morgan fingerprint density at radius 1 is 1.43 bits per heavy atom. The third-order valence-corrected chi connectivity index (χ3v) is 2.81. The standard InChI is InChI=1S/C12H14F3N5O/c1-7-4-5-9-17-10(18-11(21)12(13,14)15)8(3-2-6-16)20(9)19-7/h4-5H,2-3,6,16H2,1H3,(H,18,21). The van der Waals surface area contributed by atoms with Crippen molar-refractivity contribution in [1.82, 2.24) is 14.6 Å². The first-order chi connectivity index (χ1) is 9.82. The number of carbonyl (C=O) groups excluding carboxylic acids is 1. The Balaban J connectivity index is 2.44. The first-order valence-electron chi connectivity index (χ1n) is 6.26. The van der Waals surface area contributed by atoms with E-state index in [0.29, 0.717) is 36.4 Å². The predicted molar refractivity (Wildman–Crippen MR) is 69.8 cm³/mol. The van der Waals surface area contributed by atoms with E-state index in [1.54, 1.807) is 24.4 Å². The summed E-state index contributed by atoms with van der Waals surface area (Å²) in [4.78, 5) is 15.1. The molecule has 6 nitrogen and oxygen atoms in total. The van der Waals surface area contributed by atoms with Gasteiger partial charge in [-0.25, -0.2) is 9.50 Å². The number of nitrogens with zero attached hydrogens (tertiary/aromatic N) is 3. The summed E-state index contributed by atoms with van der Waals surface area (Å²) in [6.07, 6.45) is -4.07. The number of nitrogens with two attached hydrogens (primary N) is 1. The van der Waals surface area contributed by atoms with Gasteiger partial charge in [-0.1, -0.05) is 0 Å². The van der Waals surface area contributed by atoms with Gasteiger partial charge in [0.2, 0.25) is 0 Å². The molecule has 3 N–H and O–H groups in total. The minimum Gasteiger partial charge on any atom is -0.330 e. The van der Waals surface area contributed by atoms with Gasteiger partial charge in [-0.05, 0) is 38.4 Å². The second kappa shape index (κ2) is 5.68. The number of hydrogen-bond donors (Lipinski definition) is 2. The summed E-state index contributed by atoms with van der Waals surface area (Å²) in [5, 5.41) is 5.99. The van der Waals surface area contributed by atoms with Crippen molar-refractivity contribution >= 4 is 17.4 Å². The highest BCUT2D eigenvalue weighted by Gasteiger charge is 2.39. The van der Waals surface area contributed by atoms with E-state index < -0.39 is 12.1 Å². The first kappa shape index (κ1) is 15.2. The lowest BCUT2D eigenvalue weighted by molar-refractivity contribution is -0.167. The zero-order chi connectivity index (χ0) is 15.6. The molecule has 0 fully saturated rings. The number of fused-ring (bicyclic) bond motifs is 1. The lowest BCUT2D eigenvalue weighted by Crippen LogP contribution is -2.30. The molecule has 21 heavy (non-hydrogen) atoms. The van der Waals surface area contributed by atoms with Crippen LogP contribution < -0.4 is 11.1 Å². The van der Waals surface area contributed by atoms with Crippen LogP contribution in [0.15, 0.2) is 12.1 Å². The molecule has 2 heterocycles. The van der Waals surface area contributed by atoms with Crippen molar-refractivity contribution in [3.63, 3.8) is 0 Å². The van der Waals surface area contributed by atoms with Crippen LogP contribution in [0.3, 0.4) is 0 Å². The molecule has 0 aromatic carbocycles. The molecule has 0 saturated carbocycles. The molecule has 0 saturated heterocycles. The Morgan fingerprint density at radius 2 is 2.14 bits per heavy atom. The molecule has 0 aliphatic rings. The number of anilines is 1. The normalized spacial score (nSPS) is 11.9. The van der Waals surface area contributed by atoms with Gasteiger partial charge in [0.05, 0.1) is 11.4 Å². The Labute approximate surface area is 118 Å². The van der Waals surface area contributed by atoms with Crippen LogP contribution in [0.4, 0.5) is 19.0 Å². The summed E-state index contributed by atoms with van der Waals surface area (Å²) in [7, 11) is 0. The highest BCUT2D eigenvalue weighted by molar-refractivity contribution is 5.94. The molecule has 2 aromatic rings. The summed E-state index contributed by atoms with van der Waals surface area (Å²) in [5.41, 5.74) is 6.87. The van der Waals surface area contributed by atoms with E-state index in [0.717, 1.165) is 0 Å². The summed E-state index contributed by atoms with van der Waals surface area (Å²) in [6.45, 7) is 2.12. The van der Waals surface area contributed by atoms with Crippen LogP contribution >= 0.6 is 0 Å². The second-order valence-electron chi connectivity index (χ2n) is 4.50. The Hall–Kier alpha value is -2.16. The fourth-order valence-electron chi connectivity index (χ4n) is 1.84. The van der Waals surface area contributed by atoms with E-state index in [4.69, 9.17) is 5.73 Å². The summed E-state index contributed by atoms with van der Waals surface area (Å²) < 4.78 is 38.5. The van der Waals surface area contributed by atoms with Crippen molar-refractivity contribution in [2.24, 2.45) is 5.73 Å². The van der Waals surface area contributed by atoms with Crippen molar-refractivity contribution < 1.29 is 18.0 Å². The fraction of sp³-hybridized carbons (Fsp3) is 0.417. The van der Waals surface area contributed by atoms with Gasteiger partial charge in [0.25, 0.3) is 0 Å². The third kappa shape index (κ3) is 3.30. The SMILES string of the molecule is Cc1ccc2nc(NC(=O)C(F)(F)F)c(CCCN)n2n1. The monoisotopic (exact) mass is 301 g/mol. The molecule has 0 bridgehead atoms. The average Bonchev–Trinajstić information content (AvgIpc) is 2.72. The Morgan fingerprint density at radius 3 is 2.76 bits per heavy atom. The Bertz CT molecular complexity index is 665. The van der Waals surface area contributed by atoms with Gasteiger partial charge in [0.1, 0.15) is 0 Å². The van der Waals surface area contributed by atoms with Gasteiger partial charge in [-0.3, -0.25) is 4.79 Å². The maximum Gasteiger partial charge on any atom is 0.471 e. The predicted octanol–water partition coefficient (Wildman–Crippen LogP) is 1.43. The molecule has 2 rings (SSSR count). The molecule has 0 spiro atoms. The zero-order valence-corrected chi connectivity index (χ0v) is 11.2. The lowest BCUT2D eigenvalue weighted by atomic mass is 10.2. The summed E-state index contributed by atoms with van der Waals surface area (Å²) in [6, 6.07) is 3.31. The minimum absolute atomic E-state index is 0.135. The lowest BCUT2D eigenvalue weighted by Gasteiger charge is -2.07. The molecular formula is C12H14F3N5O. The number of amides is 1. The molecule has 0 atom stereocenters. The van der Waals surface area contributed by atoms with E-state index in [-0.39, 0.29) is 5.82 Å². The number of imidazole rings is 1. The van der Waals surface area contributed by atoms with Crippen molar-refractivity contribution in [1.29, 1.82) is 0 Å². The molecule has 0 aliphatic carbocycles. The van der Waals surface area contributed by atoms with E-state index in [1.807, 2.05) is 0 Å². The number of alkyl halides is 3. The van der Waals surface area contributed by atoms with Gasteiger partial charge >= 0.3 is 12.1 Å². The van der Waals surface area contributed by atoms with E-state index in [9.17, 15) is 18.0 Å². The molecule has 114 valence electrons. The van der Waals surface area contributed by atoms with Crippen LogP contribution in [0.5, 0.6) is 0 Å². The van der Waals surface area contributed by atoms with Gasteiger partial charge < -0.3 is 11.1 Å². The molecule has 0 radical (unpaired) electrons. The topological polar surface area (TPSA) is 85.3 Å². The van der Waals surface area contributed by atoms with E-state index >= 15 is 0 Å². The number of hydrogen-bond acceptors (Lipinski definition) is 4. The summed E-state index contributed by atoms with van der Waals surface area (Å²) in [5.74, 6) is -2.19. The fourth-order valence-corrected chi connectivity index (χ4v) is 1.84. The largest absolute Gasteiger partial charge is 0.471 e. The van der Waals surface area contributed by atoms with Gasteiger partial charge in [0, 0.05) is 0 Å². The van der Waals surface area contributed by atoms with Crippen LogP contribution in [-0.4, -0.2) is 33.2 Å². The number of rotatable bonds is 4. The van der Waals surface area contributed by atoms with Crippen LogP contribution in [-0.2, 0) is 11.2 Å². The highest BCUT2D eigenvalue weighted by atomic mass is 19.4. The number of aromatic nitrogens is 3. The molecule has 0 aliphatic heterocycles. The molecule has 1 amide bonds. The number of aryl methyl sites for hydroxylation is 2. The Kier molecular flexibility index (Phi) is 4.12. The van der Waals surface area contributed by atoms with Crippen molar-refractivity contribution in [2.45, 2.75) is 25.9 Å². The quantitative estimate of drug-likeness (QED) is 0.894. The number of halogens is 3. The first-order valence-corrected chi connectivity index (χ1v) is 6.26. The second-order valence-corrected chi connectivity index (χ2v) is 4.50.